The second kappa shape index (κ2) is 6.14. The molecule has 2 fully saturated rings. The summed E-state index contributed by atoms with van der Waals surface area (Å²) in [6.45, 7) is 10.5. The number of pyridine rings is 1. The summed E-state index contributed by atoms with van der Waals surface area (Å²) < 4.78 is 17.3. The Labute approximate surface area is 132 Å². The average Bonchev–Trinajstić information content (AvgIpc) is 2.83. The molecule has 2 aliphatic rings. The van der Waals surface area contributed by atoms with E-state index in [9.17, 15) is 0 Å². The summed E-state index contributed by atoms with van der Waals surface area (Å²) in [7, 11) is 1.72. The molecule has 2 atom stereocenters. The van der Waals surface area contributed by atoms with Gasteiger partial charge in [0.2, 0.25) is 0 Å². The topological polar surface area (TPSA) is 43.8 Å². The van der Waals surface area contributed by atoms with Gasteiger partial charge in [-0.15, -0.1) is 0 Å². The van der Waals surface area contributed by atoms with Crippen molar-refractivity contribution in [1.82, 2.24) is 9.88 Å². The highest BCUT2D eigenvalue weighted by Crippen LogP contribution is 2.34. The molecule has 0 unspecified atom stereocenters. The van der Waals surface area contributed by atoms with Gasteiger partial charge in [0.15, 0.2) is 0 Å². The zero-order valence-corrected chi connectivity index (χ0v) is 14.0. The molecule has 0 aliphatic carbocycles. The zero-order valence-electron chi connectivity index (χ0n) is 14.0. The van der Waals surface area contributed by atoms with Crippen molar-refractivity contribution in [3.05, 3.63) is 23.0 Å². The standard InChI is InChI=1S/C17H26N2O3/c1-12-9-18-15(13(2)16(12)20-4)10-19-6-8-22-17(11-19)5-7-21-14(17)3/h9,14H,5-8,10-11H2,1-4H3/t14-,17-/m1/s1. The summed E-state index contributed by atoms with van der Waals surface area (Å²) in [5.41, 5.74) is 3.17. The normalized spacial score (nSPS) is 29.2. The van der Waals surface area contributed by atoms with Crippen molar-refractivity contribution < 1.29 is 14.2 Å². The molecule has 22 heavy (non-hydrogen) atoms. The molecule has 3 rings (SSSR count). The zero-order chi connectivity index (χ0) is 15.7. The fourth-order valence-corrected chi connectivity index (χ4v) is 3.62. The molecule has 0 bridgehead atoms. The average molecular weight is 306 g/mol. The van der Waals surface area contributed by atoms with E-state index in [1.165, 1.54) is 0 Å². The van der Waals surface area contributed by atoms with Crippen LogP contribution in [0.3, 0.4) is 0 Å². The van der Waals surface area contributed by atoms with E-state index in [2.05, 4.69) is 23.7 Å². The van der Waals surface area contributed by atoms with E-state index in [4.69, 9.17) is 14.2 Å². The van der Waals surface area contributed by atoms with Gasteiger partial charge in [-0.05, 0) is 20.8 Å². The Kier molecular flexibility index (Phi) is 4.39. The van der Waals surface area contributed by atoms with Gasteiger partial charge in [0.25, 0.3) is 0 Å². The fraction of sp³-hybridized carbons (Fsp3) is 0.706. The summed E-state index contributed by atoms with van der Waals surface area (Å²) in [5.74, 6) is 0.950. The van der Waals surface area contributed by atoms with Gasteiger partial charge >= 0.3 is 0 Å². The monoisotopic (exact) mass is 306 g/mol. The van der Waals surface area contributed by atoms with Crippen molar-refractivity contribution in [1.29, 1.82) is 0 Å². The molecule has 5 heteroatoms. The number of methoxy groups -OCH3 is 1. The summed E-state index contributed by atoms with van der Waals surface area (Å²) in [4.78, 5) is 7.05. The summed E-state index contributed by atoms with van der Waals surface area (Å²) >= 11 is 0. The number of morpholine rings is 1. The van der Waals surface area contributed by atoms with Gasteiger partial charge in [-0.1, -0.05) is 0 Å². The highest BCUT2D eigenvalue weighted by molar-refractivity contribution is 5.41. The van der Waals surface area contributed by atoms with Crippen LogP contribution in [0.25, 0.3) is 0 Å². The Hall–Kier alpha value is -1.17. The third-order valence-corrected chi connectivity index (χ3v) is 5.05. The van der Waals surface area contributed by atoms with E-state index in [0.717, 1.165) is 61.8 Å². The van der Waals surface area contributed by atoms with Gasteiger partial charge in [-0.2, -0.15) is 0 Å². The molecule has 1 aromatic heterocycles. The van der Waals surface area contributed by atoms with E-state index in [1.54, 1.807) is 7.11 Å². The van der Waals surface area contributed by atoms with Gasteiger partial charge < -0.3 is 14.2 Å². The van der Waals surface area contributed by atoms with Crippen LogP contribution in [-0.4, -0.2) is 55.0 Å². The molecule has 3 heterocycles. The lowest BCUT2D eigenvalue weighted by atomic mass is 9.94. The van der Waals surface area contributed by atoms with E-state index in [0.29, 0.717) is 0 Å². The number of aromatic nitrogens is 1. The van der Waals surface area contributed by atoms with Crippen LogP contribution in [-0.2, 0) is 16.0 Å². The van der Waals surface area contributed by atoms with Crippen LogP contribution in [0, 0.1) is 13.8 Å². The molecule has 0 radical (unpaired) electrons. The summed E-state index contributed by atoms with van der Waals surface area (Å²) in [6, 6.07) is 0. The van der Waals surface area contributed by atoms with Crippen molar-refractivity contribution >= 4 is 0 Å². The van der Waals surface area contributed by atoms with Crippen molar-refractivity contribution in [3.63, 3.8) is 0 Å². The Morgan fingerprint density at radius 1 is 1.41 bits per heavy atom. The van der Waals surface area contributed by atoms with Crippen LogP contribution in [0.15, 0.2) is 6.20 Å². The van der Waals surface area contributed by atoms with E-state index in [1.807, 2.05) is 13.1 Å². The molecule has 1 aromatic rings. The molecule has 0 saturated carbocycles. The number of aryl methyl sites for hydroxylation is 1. The number of nitrogens with zero attached hydrogens (tertiary/aromatic N) is 2. The van der Waals surface area contributed by atoms with Crippen molar-refractivity contribution in [2.24, 2.45) is 0 Å². The largest absolute Gasteiger partial charge is 0.496 e. The Balaban J connectivity index is 1.76. The number of rotatable bonds is 3. The van der Waals surface area contributed by atoms with Gasteiger partial charge in [0, 0.05) is 50.0 Å². The minimum atomic E-state index is -0.138. The van der Waals surface area contributed by atoms with E-state index in [-0.39, 0.29) is 11.7 Å². The Morgan fingerprint density at radius 3 is 2.91 bits per heavy atom. The second-order valence-electron chi connectivity index (χ2n) is 6.43. The highest BCUT2D eigenvalue weighted by atomic mass is 16.6. The van der Waals surface area contributed by atoms with Crippen molar-refractivity contribution in [3.8, 4) is 5.75 Å². The molecule has 1 spiro atoms. The Morgan fingerprint density at radius 2 is 2.23 bits per heavy atom. The summed E-state index contributed by atoms with van der Waals surface area (Å²) in [6.07, 6.45) is 3.05. The maximum absolute atomic E-state index is 6.09. The predicted octanol–water partition coefficient (Wildman–Crippen LogP) is 2.09. The van der Waals surface area contributed by atoms with Gasteiger partial charge in [-0.3, -0.25) is 9.88 Å². The lowest BCUT2D eigenvalue weighted by molar-refractivity contribution is -0.137. The third kappa shape index (κ3) is 2.73. The molecule has 5 nitrogen and oxygen atoms in total. The first-order valence-corrected chi connectivity index (χ1v) is 8.03. The first-order chi connectivity index (χ1) is 10.6. The van der Waals surface area contributed by atoms with Crippen LogP contribution < -0.4 is 4.74 Å². The second-order valence-corrected chi connectivity index (χ2v) is 6.43. The molecule has 2 saturated heterocycles. The van der Waals surface area contributed by atoms with Crippen LogP contribution in [0.5, 0.6) is 5.75 Å². The molecule has 0 amide bonds. The molecular weight excluding hydrogens is 280 g/mol. The molecular formula is C17H26N2O3. The van der Waals surface area contributed by atoms with Crippen molar-refractivity contribution in [2.45, 2.75) is 45.4 Å². The molecule has 122 valence electrons. The van der Waals surface area contributed by atoms with Crippen LogP contribution in [0.4, 0.5) is 0 Å². The van der Waals surface area contributed by atoms with Gasteiger partial charge in [-0.25, -0.2) is 0 Å². The minimum absolute atomic E-state index is 0.138. The lowest BCUT2D eigenvalue weighted by Crippen LogP contribution is -2.55. The minimum Gasteiger partial charge on any atom is -0.496 e. The maximum atomic E-state index is 6.09. The van der Waals surface area contributed by atoms with Crippen LogP contribution in [0.2, 0.25) is 0 Å². The smallest absolute Gasteiger partial charge is 0.128 e. The number of hydrogen-bond donors (Lipinski definition) is 0. The fourth-order valence-electron chi connectivity index (χ4n) is 3.62. The van der Waals surface area contributed by atoms with Crippen LogP contribution in [0.1, 0.15) is 30.2 Å². The van der Waals surface area contributed by atoms with E-state index < -0.39 is 0 Å². The number of ether oxygens (including phenoxy) is 3. The number of hydrogen-bond acceptors (Lipinski definition) is 5. The van der Waals surface area contributed by atoms with E-state index >= 15 is 0 Å². The summed E-state index contributed by atoms with van der Waals surface area (Å²) in [5, 5.41) is 0. The van der Waals surface area contributed by atoms with Crippen molar-refractivity contribution in [2.75, 3.05) is 33.4 Å². The predicted molar refractivity (Wildman–Crippen MR) is 84.3 cm³/mol. The maximum Gasteiger partial charge on any atom is 0.128 e. The lowest BCUT2D eigenvalue weighted by Gasteiger charge is -2.42. The first kappa shape index (κ1) is 15.7. The first-order valence-electron chi connectivity index (χ1n) is 8.03. The van der Waals surface area contributed by atoms with Gasteiger partial charge in [0.1, 0.15) is 11.4 Å². The SMILES string of the molecule is COc1c(C)cnc(CN2CCO[C@]3(CCO[C@@H]3C)C2)c1C. The quantitative estimate of drug-likeness (QED) is 0.855. The Bertz CT molecular complexity index is 549. The third-order valence-electron chi connectivity index (χ3n) is 5.05. The highest BCUT2D eigenvalue weighted by Gasteiger charge is 2.45. The molecule has 0 aromatic carbocycles. The van der Waals surface area contributed by atoms with Crippen LogP contribution >= 0.6 is 0 Å². The molecule has 0 N–H and O–H groups in total. The molecule has 2 aliphatic heterocycles. The van der Waals surface area contributed by atoms with Gasteiger partial charge in [0.05, 0.1) is 25.5 Å².